The van der Waals surface area contributed by atoms with Crippen LogP contribution in [0.2, 0.25) is 0 Å². The van der Waals surface area contributed by atoms with Crippen LogP contribution in [-0.4, -0.2) is 18.6 Å². The number of nitrogens with one attached hydrogen (secondary N) is 2. The molecule has 1 unspecified atom stereocenters. The molecule has 1 aromatic heterocycles. The lowest BCUT2D eigenvalue weighted by molar-refractivity contribution is 0.702. The van der Waals surface area contributed by atoms with E-state index in [2.05, 4.69) is 48.1 Å². The van der Waals surface area contributed by atoms with Gasteiger partial charge in [-0.2, -0.15) is 0 Å². The number of aromatic amines is 1. The number of aromatic nitrogens is 1. The van der Waals surface area contributed by atoms with E-state index in [0.717, 1.165) is 19.4 Å². The lowest BCUT2D eigenvalue weighted by atomic mass is 9.86. The summed E-state index contributed by atoms with van der Waals surface area (Å²) in [6.07, 6.45) is 6.67. The molecule has 0 spiro atoms. The van der Waals surface area contributed by atoms with Gasteiger partial charge in [-0.25, -0.2) is 0 Å². The maximum absolute atomic E-state index is 3.95. The van der Waals surface area contributed by atoms with Gasteiger partial charge in [-0.15, -0.1) is 6.58 Å². The number of benzene rings is 1. The number of hydrogen-bond donors (Lipinski definition) is 2. The Morgan fingerprint density at radius 1 is 1.40 bits per heavy atom. The Labute approximate surface area is 120 Å². The van der Waals surface area contributed by atoms with E-state index < -0.39 is 0 Å². The second kappa shape index (κ2) is 5.29. The Balaban J connectivity index is 2.11. The maximum Gasteiger partial charge on any atom is 0.0465 e. The predicted octanol–water partition coefficient (Wildman–Crippen LogP) is 3.83. The number of hydrogen-bond acceptors (Lipinski definition) is 1. The molecule has 2 heteroatoms. The van der Waals surface area contributed by atoms with E-state index >= 15 is 0 Å². The van der Waals surface area contributed by atoms with Gasteiger partial charge in [-0.1, -0.05) is 24.3 Å². The van der Waals surface area contributed by atoms with Gasteiger partial charge in [0.2, 0.25) is 0 Å². The van der Waals surface area contributed by atoms with Gasteiger partial charge in [0.05, 0.1) is 0 Å². The van der Waals surface area contributed by atoms with Crippen LogP contribution in [0.15, 0.2) is 36.9 Å². The smallest absolute Gasteiger partial charge is 0.0465 e. The van der Waals surface area contributed by atoms with Gasteiger partial charge in [0, 0.05) is 29.1 Å². The van der Waals surface area contributed by atoms with Crippen LogP contribution in [0.5, 0.6) is 0 Å². The van der Waals surface area contributed by atoms with E-state index in [0.29, 0.717) is 5.92 Å². The van der Waals surface area contributed by atoms with Gasteiger partial charge in [0.15, 0.2) is 0 Å². The molecule has 2 aromatic rings. The fourth-order valence-electron chi connectivity index (χ4n) is 3.30. The fraction of sp³-hybridized carbons (Fsp3) is 0.333. The summed E-state index contributed by atoms with van der Waals surface area (Å²) >= 11 is 0. The van der Waals surface area contributed by atoms with Crippen LogP contribution in [0.3, 0.4) is 0 Å². The Morgan fingerprint density at radius 2 is 2.25 bits per heavy atom. The van der Waals surface area contributed by atoms with Crippen LogP contribution >= 0.6 is 0 Å². The van der Waals surface area contributed by atoms with Gasteiger partial charge in [0.25, 0.3) is 0 Å². The highest BCUT2D eigenvalue weighted by Crippen LogP contribution is 2.38. The summed E-state index contributed by atoms with van der Waals surface area (Å²) in [6, 6.07) is 6.58. The minimum atomic E-state index is 0.395. The lowest BCUT2D eigenvalue weighted by Crippen LogP contribution is -2.16. The van der Waals surface area contributed by atoms with Gasteiger partial charge in [-0.3, -0.25) is 0 Å². The third kappa shape index (κ3) is 2.10. The molecule has 3 rings (SSSR count). The summed E-state index contributed by atoms with van der Waals surface area (Å²) in [6.45, 7) is 7.08. The number of allylic oxidation sites excluding steroid dienone is 1. The first-order valence-corrected chi connectivity index (χ1v) is 7.33. The van der Waals surface area contributed by atoms with Gasteiger partial charge < -0.3 is 10.3 Å². The Hall–Kier alpha value is -1.80. The van der Waals surface area contributed by atoms with Crippen molar-refractivity contribution in [3.63, 3.8) is 0 Å². The van der Waals surface area contributed by atoms with Gasteiger partial charge in [0.1, 0.15) is 0 Å². The van der Waals surface area contributed by atoms with Gasteiger partial charge in [-0.05, 0) is 49.6 Å². The molecule has 1 heterocycles. The molecule has 2 nitrogen and oxygen atoms in total. The molecular weight excluding hydrogens is 244 g/mol. The van der Waals surface area contributed by atoms with Crippen LogP contribution in [0, 0.1) is 12.8 Å². The highest BCUT2D eigenvalue weighted by molar-refractivity contribution is 5.97. The molecule has 1 aliphatic rings. The Bertz CT molecular complexity index is 676. The second-order valence-corrected chi connectivity index (χ2v) is 5.61. The van der Waals surface area contributed by atoms with Crippen molar-refractivity contribution < 1.29 is 0 Å². The summed E-state index contributed by atoms with van der Waals surface area (Å²) in [7, 11) is 1.99. The summed E-state index contributed by atoms with van der Waals surface area (Å²) in [5.74, 6) is 0.395. The normalized spacial score (nSPS) is 17.6. The quantitative estimate of drug-likeness (QED) is 0.809. The number of aryl methyl sites for hydroxylation is 2. The van der Waals surface area contributed by atoms with E-state index in [-0.39, 0.29) is 0 Å². The minimum absolute atomic E-state index is 0.395. The van der Waals surface area contributed by atoms with E-state index in [1.807, 2.05) is 13.1 Å². The molecule has 0 radical (unpaired) electrons. The minimum Gasteiger partial charge on any atom is -0.358 e. The van der Waals surface area contributed by atoms with E-state index in [4.69, 9.17) is 0 Å². The SMILES string of the molecule is C=CC(/C=C1\CCc2c(C)[nH]c3cccc1c23)CNC. The number of rotatable bonds is 4. The zero-order valence-corrected chi connectivity index (χ0v) is 12.3. The average molecular weight is 266 g/mol. The first-order chi connectivity index (χ1) is 9.74. The summed E-state index contributed by atoms with van der Waals surface area (Å²) in [5.41, 5.74) is 6.95. The van der Waals surface area contributed by atoms with Crippen LogP contribution in [-0.2, 0) is 6.42 Å². The first kappa shape index (κ1) is 13.2. The molecule has 0 saturated carbocycles. The fourth-order valence-corrected chi connectivity index (χ4v) is 3.30. The zero-order valence-electron chi connectivity index (χ0n) is 12.3. The predicted molar refractivity (Wildman–Crippen MR) is 86.9 cm³/mol. The maximum atomic E-state index is 3.95. The van der Waals surface area contributed by atoms with Crippen molar-refractivity contribution in [2.24, 2.45) is 5.92 Å². The third-order valence-corrected chi connectivity index (χ3v) is 4.29. The molecule has 0 bridgehead atoms. The molecule has 1 aliphatic carbocycles. The second-order valence-electron chi connectivity index (χ2n) is 5.61. The topological polar surface area (TPSA) is 27.8 Å². The standard InChI is InChI=1S/C18H22N2/c1-4-13(11-19-3)10-14-8-9-15-12(2)20-17-7-5-6-16(14)18(15)17/h4-7,10,13,19-20H,1,8-9,11H2,2-3H3/b14-10+. The molecule has 0 aliphatic heterocycles. The van der Waals surface area contributed by atoms with Crippen molar-refractivity contribution in [1.29, 1.82) is 0 Å². The van der Waals surface area contributed by atoms with Crippen molar-refractivity contribution >= 4 is 16.5 Å². The average Bonchev–Trinajstić information content (AvgIpc) is 2.79. The largest absolute Gasteiger partial charge is 0.358 e. The molecule has 0 saturated heterocycles. The summed E-state index contributed by atoms with van der Waals surface area (Å²) in [4.78, 5) is 3.51. The van der Waals surface area contributed by atoms with Crippen LogP contribution < -0.4 is 5.32 Å². The highest BCUT2D eigenvalue weighted by atomic mass is 14.8. The van der Waals surface area contributed by atoms with Crippen molar-refractivity contribution in [1.82, 2.24) is 10.3 Å². The van der Waals surface area contributed by atoms with Crippen LogP contribution in [0.1, 0.15) is 23.2 Å². The van der Waals surface area contributed by atoms with Crippen molar-refractivity contribution in [2.45, 2.75) is 19.8 Å². The van der Waals surface area contributed by atoms with Crippen LogP contribution in [0.25, 0.3) is 16.5 Å². The monoisotopic (exact) mass is 266 g/mol. The lowest BCUT2D eigenvalue weighted by Gasteiger charge is -2.19. The number of H-pyrrole nitrogens is 1. The van der Waals surface area contributed by atoms with Crippen molar-refractivity contribution in [3.05, 3.63) is 53.8 Å². The van der Waals surface area contributed by atoms with E-state index in [1.54, 1.807) is 0 Å². The Kier molecular flexibility index (Phi) is 3.49. The molecule has 2 N–H and O–H groups in total. The molecular formula is C18H22N2. The molecule has 1 atom stereocenters. The third-order valence-electron chi connectivity index (χ3n) is 4.29. The Morgan fingerprint density at radius 3 is 3.00 bits per heavy atom. The zero-order chi connectivity index (χ0) is 14.1. The first-order valence-electron chi connectivity index (χ1n) is 7.33. The highest BCUT2D eigenvalue weighted by Gasteiger charge is 2.20. The summed E-state index contributed by atoms with van der Waals surface area (Å²) < 4.78 is 0. The molecule has 104 valence electrons. The van der Waals surface area contributed by atoms with E-state index in [1.165, 1.54) is 33.3 Å². The van der Waals surface area contributed by atoms with Crippen molar-refractivity contribution in [3.8, 4) is 0 Å². The summed E-state index contributed by atoms with van der Waals surface area (Å²) in [5, 5.41) is 4.66. The molecule has 1 aromatic carbocycles. The van der Waals surface area contributed by atoms with Crippen LogP contribution in [0.4, 0.5) is 0 Å². The van der Waals surface area contributed by atoms with E-state index in [9.17, 15) is 0 Å². The molecule has 20 heavy (non-hydrogen) atoms. The molecule has 0 fully saturated rings. The van der Waals surface area contributed by atoms with Crippen molar-refractivity contribution in [2.75, 3.05) is 13.6 Å². The van der Waals surface area contributed by atoms with Gasteiger partial charge >= 0.3 is 0 Å². The molecule has 0 amide bonds.